The van der Waals surface area contributed by atoms with Crippen LogP contribution < -0.4 is 15.5 Å². The molecule has 1 aromatic heterocycles. The average molecular weight is 390 g/mol. The molecule has 3 N–H and O–H groups in total. The highest BCUT2D eigenvalue weighted by Crippen LogP contribution is 2.24. The Balaban J connectivity index is 1.33. The first-order valence-electron chi connectivity index (χ1n) is 9.89. The molecule has 3 amide bonds. The number of anilines is 1. The molecular formula is C23H26N4O2. The Kier molecular flexibility index (Phi) is 5.01. The SMILES string of the molecule is Cc1cc2cc(CNC(=O)N[C@@H]3CC(=O)N(c4ccc(C)c(C)c4)C3)ccc2[nH]1. The Hall–Kier alpha value is -3.28. The molecule has 150 valence electrons. The number of hydrogen-bond acceptors (Lipinski definition) is 2. The molecule has 0 aliphatic carbocycles. The maximum atomic E-state index is 12.4. The zero-order valence-electron chi connectivity index (χ0n) is 17.0. The standard InChI is InChI=1S/C23H26N4O2/c1-14-4-6-20(8-15(14)2)27-13-19(11-22(27)28)26-23(29)24-12-17-5-7-21-18(10-17)9-16(3)25-21/h4-10,19,25H,11-13H2,1-3H3,(H2,24,26,29)/t19-/m1/s1. The highest BCUT2D eigenvalue weighted by atomic mass is 16.2. The topological polar surface area (TPSA) is 77.2 Å². The van der Waals surface area contributed by atoms with E-state index in [-0.39, 0.29) is 18.0 Å². The Morgan fingerprint density at radius 2 is 1.93 bits per heavy atom. The highest BCUT2D eigenvalue weighted by Gasteiger charge is 2.31. The molecule has 3 aromatic rings. The van der Waals surface area contributed by atoms with Crippen LogP contribution in [0.15, 0.2) is 42.5 Å². The van der Waals surface area contributed by atoms with Crippen LogP contribution in [0.5, 0.6) is 0 Å². The van der Waals surface area contributed by atoms with Crippen LogP contribution in [0.1, 0.15) is 28.8 Å². The predicted molar refractivity (Wildman–Crippen MR) is 115 cm³/mol. The molecule has 0 saturated carbocycles. The molecule has 1 fully saturated rings. The number of rotatable bonds is 4. The second kappa shape index (κ2) is 7.62. The number of aromatic nitrogens is 1. The van der Waals surface area contributed by atoms with E-state index in [1.165, 1.54) is 5.56 Å². The predicted octanol–water partition coefficient (Wildman–Crippen LogP) is 3.70. The van der Waals surface area contributed by atoms with Gasteiger partial charge in [0.2, 0.25) is 5.91 Å². The number of aromatic amines is 1. The van der Waals surface area contributed by atoms with Crippen LogP contribution in [0.25, 0.3) is 10.9 Å². The van der Waals surface area contributed by atoms with Crippen molar-refractivity contribution in [2.75, 3.05) is 11.4 Å². The smallest absolute Gasteiger partial charge is 0.315 e. The summed E-state index contributed by atoms with van der Waals surface area (Å²) in [6.07, 6.45) is 0.314. The van der Waals surface area contributed by atoms with E-state index in [0.29, 0.717) is 19.5 Å². The van der Waals surface area contributed by atoms with Gasteiger partial charge in [-0.3, -0.25) is 4.79 Å². The number of hydrogen-bond donors (Lipinski definition) is 3. The number of benzene rings is 2. The summed E-state index contributed by atoms with van der Waals surface area (Å²) in [4.78, 5) is 29.8. The van der Waals surface area contributed by atoms with E-state index in [1.54, 1.807) is 4.90 Å². The van der Waals surface area contributed by atoms with E-state index >= 15 is 0 Å². The first-order chi connectivity index (χ1) is 13.9. The molecule has 0 spiro atoms. The maximum absolute atomic E-state index is 12.4. The van der Waals surface area contributed by atoms with Crippen molar-refractivity contribution in [1.82, 2.24) is 15.6 Å². The minimum absolute atomic E-state index is 0.0341. The highest BCUT2D eigenvalue weighted by molar-refractivity contribution is 5.97. The summed E-state index contributed by atoms with van der Waals surface area (Å²) in [5.74, 6) is 0.0341. The molecule has 6 nitrogen and oxygen atoms in total. The number of carbonyl (C=O) groups excluding carboxylic acids is 2. The largest absolute Gasteiger partial charge is 0.359 e. The third kappa shape index (κ3) is 4.11. The fourth-order valence-corrected chi connectivity index (χ4v) is 3.80. The Bertz CT molecular complexity index is 1090. The number of fused-ring (bicyclic) bond motifs is 1. The van der Waals surface area contributed by atoms with E-state index in [4.69, 9.17) is 0 Å². The van der Waals surface area contributed by atoms with Crippen LogP contribution in [-0.4, -0.2) is 29.5 Å². The van der Waals surface area contributed by atoms with Crippen molar-refractivity contribution in [3.63, 3.8) is 0 Å². The number of nitrogens with zero attached hydrogens (tertiary/aromatic N) is 1. The molecule has 6 heteroatoms. The van der Waals surface area contributed by atoms with Gasteiger partial charge in [0, 0.05) is 36.4 Å². The summed E-state index contributed by atoms with van der Waals surface area (Å²) < 4.78 is 0. The summed E-state index contributed by atoms with van der Waals surface area (Å²) >= 11 is 0. The van der Waals surface area contributed by atoms with E-state index < -0.39 is 0 Å². The zero-order valence-corrected chi connectivity index (χ0v) is 17.0. The third-order valence-electron chi connectivity index (χ3n) is 5.54. The van der Waals surface area contributed by atoms with Crippen LogP contribution >= 0.6 is 0 Å². The first kappa shape index (κ1) is 19.1. The van der Waals surface area contributed by atoms with E-state index in [1.807, 2.05) is 44.2 Å². The lowest BCUT2D eigenvalue weighted by atomic mass is 10.1. The van der Waals surface area contributed by atoms with Gasteiger partial charge in [-0.2, -0.15) is 0 Å². The van der Waals surface area contributed by atoms with Gasteiger partial charge in [0.05, 0.1) is 6.04 Å². The molecule has 1 saturated heterocycles. The van der Waals surface area contributed by atoms with Gasteiger partial charge in [0.25, 0.3) is 0 Å². The molecule has 1 aliphatic heterocycles. The lowest BCUT2D eigenvalue weighted by molar-refractivity contribution is -0.117. The molecule has 0 bridgehead atoms. The fourth-order valence-electron chi connectivity index (χ4n) is 3.80. The quantitative estimate of drug-likeness (QED) is 0.635. The van der Waals surface area contributed by atoms with Gasteiger partial charge in [0.1, 0.15) is 0 Å². The van der Waals surface area contributed by atoms with Crippen LogP contribution in [0.3, 0.4) is 0 Å². The number of H-pyrrole nitrogens is 1. The minimum atomic E-state index is -0.255. The molecule has 0 radical (unpaired) electrons. The molecule has 4 rings (SSSR count). The summed E-state index contributed by atoms with van der Waals surface area (Å²) in [6.45, 7) is 7.04. The summed E-state index contributed by atoms with van der Waals surface area (Å²) in [5.41, 5.74) is 6.47. The van der Waals surface area contributed by atoms with Crippen LogP contribution in [0.2, 0.25) is 0 Å². The van der Waals surface area contributed by atoms with Crippen molar-refractivity contribution in [2.24, 2.45) is 0 Å². The van der Waals surface area contributed by atoms with Gasteiger partial charge in [0.15, 0.2) is 0 Å². The number of nitrogens with one attached hydrogen (secondary N) is 3. The minimum Gasteiger partial charge on any atom is -0.359 e. The molecule has 2 heterocycles. The molecule has 1 aliphatic rings. The van der Waals surface area contributed by atoms with E-state index in [0.717, 1.165) is 33.4 Å². The van der Waals surface area contributed by atoms with Crippen molar-refractivity contribution in [3.8, 4) is 0 Å². The number of aryl methyl sites for hydroxylation is 3. The van der Waals surface area contributed by atoms with Gasteiger partial charge in [-0.25, -0.2) is 4.79 Å². The van der Waals surface area contributed by atoms with Crippen LogP contribution in [0, 0.1) is 20.8 Å². The first-order valence-corrected chi connectivity index (χ1v) is 9.89. The third-order valence-corrected chi connectivity index (χ3v) is 5.54. The van der Waals surface area contributed by atoms with Crippen molar-refractivity contribution in [2.45, 2.75) is 39.8 Å². The Labute approximate surface area is 170 Å². The van der Waals surface area contributed by atoms with Crippen molar-refractivity contribution in [3.05, 3.63) is 64.8 Å². The van der Waals surface area contributed by atoms with Gasteiger partial charge in [-0.1, -0.05) is 12.1 Å². The normalized spacial score (nSPS) is 16.4. The van der Waals surface area contributed by atoms with Gasteiger partial charge in [-0.15, -0.1) is 0 Å². The van der Waals surface area contributed by atoms with Crippen molar-refractivity contribution >= 4 is 28.5 Å². The average Bonchev–Trinajstić information content (AvgIpc) is 3.23. The number of carbonyl (C=O) groups is 2. The fraction of sp³-hybridized carbons (Fsp3) is 0.304. The summed E-state index contributed by atoms with van der Waals surface area (Å²) in [5, 5.41) is 6.95. The maximum Gasteiger partial charge on any atom is 0.315 e. The van der Waals surface area contributed by atoms with Gasteiger partial charge >= 0.3 is 6.03 Å². The summed E-state index contributed by atoms with van der Waals surface area (Å²) in [6, 6.07) is 13.7. The zero-order chi connectivity index (χ0) is 20.5. The van der Waals surface area contributed by atoms with Crippen LogP contribution in [0.4, 0.5) is 10.5 Å². The second-order valence-corrected chi connectivity index (χ2v) is 7.87. The van der Waals surface area contributed by atoms with Crippen molar-refractivity contribution < 1.29 is 9.59 Å². The lowest BCUT2D eigenvalue weighted by Crippen LogP contribution is -2.43. The summed E-state index contributed by atoms with van der Waals surface area (Å²) in [7, 11) is 0. The second-order valence-electron chi connectivity index (χ2n) is 7.87. The van der Waals surface area contributed by atoms with Gasteiger partial charge in [-0.05, 0) is 73.2 Å². The van der Waals surface area contributed by atoms with Gasteiger partial charge < -0.3 is 20.5 Å². The number of urea groups is 1. The molecule has 2 aromatic carbocycles. The van der Waals surface area contributed by atoms with E-state index in [9.17, 15) is 9.59 Å². The number of amides is 3. The monoisotopic (exact) mass is 390 g/mol. The molecule has 29 heavy (non-hydrogen) atoms. The molecular weight excluding hydrogens is 364 g/mol. The Morgan fingerprint density at radius 3 is 2.72 bits per heavy atom. The van der Waals surface area contributed by atoms with Crippen LogP contribution in [-0.2, 0) is 11.3 Å². The molecule has 0 unspecified atom stereocenters. The lowest BCUT2D eigenvalue weighted by Gasteiger charge is -2.18. The Morgan fingerprint density at radius 1 is 1.10 bits per heavy atom. The van der Waals surface area contributed by atoms with Crippen molar-refractivity contribution in [1.29, 1.82) is 0 Å². The molecule has 1 atom stereocenters. The van der Waals surface area contributed by atoms with E-state index in [2.05, 4.69) is 34.7 Å².